The summed E-state index contributed by atoms with van der Waals surface area (Å²) >= 11 is 18.1. The minimum absolute atomic E-state index is 0.00672. The zero-order valence-electron chi connectivity index (χ0n) is 50.9. The lowest BCUT2D eigenvalue weighted by molar-refractivity contribution is -0.405. The standard InChI is InChI=1S/C68H82Cl3NO19/c1-6-33-79-54-42(3)86-66(61(57(54)80-34-7-2)90-63-51(72-67(76)68(69,70)71)53(75)52(74)49(35-73)87-63)91-62-59(55(43(4)85-64(62)77-5)81-37-45-25-15-9-16-26-45)89-65-60(84-40-48-31-21-12-22-32-48)58(83-39-47-29-19-11-20-30-47)56(82-38-46-27-17-10-18-28-46)50(88-65)41-78-36-44-23-13-8-14-24-44/h6-32,42-43,49-66,73-75H,1-2,33-41H2,3-5H3,(H,72,76)/t42-,43-,49+,50+,51+,52+,53+,54-,55-,56+,57+,58-,59+,60+,61+,62+,63-,64+,65+,66-/m0/s1. The Balaban J connectivity index is 1.16. The first kappa shape index (κ1) is 70.5. The largest absolute Gasteiger partial charge is 0.394 e. The summed E-state index contributed by atoms with van der Waals surface area (Å²) in [5.74, 6) is -1.19. The van der Waals surface area contributed by atoms with Crippen LogP contribution >= 0.6 is 34.8 Å². The van der Waals surface area contributed by atoms with E-state index in [0.29, 0.717) is 0 Å². The number of amides is 1. The molecule has 0 aromatic heterocycles. The molecule has 4 saturated heterocycles. The summed E-state index contributed by atoms with van der Waals surface area (Å²) in [7, 11) is 1.45. The van der Waals surface area contributed by atoms with Crippen molar-refractivity contribution in [2.24, 2.45) is 0 Å². The second-order valence-corrected chi connectivity index (χ2v) is 24.7. The summed E-state index contributed by atoms with van der Waals surface area (Å²) in [4.78, 5) is 13.4. The van der Waals surface area contributed by atoms with Gasteiger partial charge in [-0.2, -0.15) is 0 Å². The van der Waals surface area contributed by atoms with E-state index in [4.69, 9.17) is 106 Å². The van der Waals surface area contributed by atoms with Crippen molar-refractivity contribution in [3.63, 3.8) is 0 Å². The smallest absolute Gasteiger partial charge is 0.272 e. The number of aliphatic hydroxyl groups is 3. The summed E-state index contributed by atoms with van der Waals surface area (Å²) < 4.78 is 100. The summed E-state index contributed by atoms with van der Waals surface area (Å²) in [5, 5.41) is 35.8. The number of benzene rings is 5. The van der Waals surface area contributed by atoms with Crippen LogP contribution in [0, 0.1) is 0 Å². The van der Waals surface area contributed by atoms with Crippen LogP contribution in [-0.2, 0) is 109 Å². The van der Waals surface area contributed by atoms with Gasteiger partial charge in [0.05, 0.1) is 71.7 Å². The summed E-state index contributed by atoms with van der Waals surface area (Å²) in [6.07, 6.45) is -20.5. The lowest BCUT2D eigenvalue weighted by Crippen LogP contribution is -2.69. The van der Waals surface area contributed by atoms with Crippen molar-refractivity contribution in [1.82, 2.24) is 5.32 Å². The van der Waals surface area contributed by atoms with Gasteiger partial charge in [0.2, 0.25) is 0 Å². The number of methoxy groups -OCH3 is 1. The van der Waals surface area contributed by atoms with Crippen LogP contribution in [0.2, 0.25) is 0 Å². The van der Waals surface area contributed by atoms with E-state index < -0.39 is 139 Å². The molecule has 4 heterocycles. The van der Waals surface area contributed by atoms with Crippen molar-refractivity contribution in [3.05, 3.63) is 205 Å². The molecule has 91 heavy (non-hydrogen) atoms. The van der Waals surface area contributed by atoms with Crippen LogP contribution in [0.1, 0.15) is 41.7 Å². The van der Waals surface area contributed by atoms with Crippen molar-refractivity contribution in [2.45, 2.75) is 173 Å². The van der Waals surface area contributed by atoms with E-state index in [1.54, 1.807) is 13.0 Å². The number of hydrogen-bond donors (Lipinski definition) is 4. The highest BCUT2D eigenvalue weighted by molar-refractivity contribution is 6.76. The highest BCUT2D eigenvalue weighted by Gasteiger charge is 2.58. The third-order valence-corrected chi connectivity index (χ3v) is 16.5. The van der Waals surface area contributed by atoms with E-state index in [1.165, 1.54) is 13.2 Å². The average molecular weight is 1320 g/mol. The predicted octanol–water partition coefficient (Wildman–Crippen LogP) is 8.00. The number of nitrogens with one attached hydrogen (secondary N) is 1. The molecule has 0 unspecified atom stereocenters. The molecule has 4 aliphatic heterocycles. The number of carbonyl (C=O) groups excluding carboxylic acids is 1. The minimum atomic E-state index is -2.55. The number of carbonyl (C=O) groups is 1. The van der Waals surface area contributed by atoms with Gasteiger partial charge in [0.1, 0.15) is 85.4 Å². The molecule has 9 rings (SSSR count). The summed E-state index contributed by atoms with van der Waals surface area (Å²) in [6.45, 7) is 11.2. The quantitative estimate of drug-likeness (QED) is 0.0243. The molecule has 0 aliphatic carbocycles. The zero-order chi connectivity index (χ0) is 64.3. The van der Waals surface area contributed by atoms with Gasteiger partial charge in [-0.25, -0.2) is 0 Å². The Morgan fingerprint density at radius 1 is 0.484 bits per heavy atom. The minimum Gasteiger partial charge on any atom is -0.394 e. The van der Waals surface area contributed by atoms with E-state index in [9.17, 15) is 20.1 Å². The van der Waals surface area contributed by atoms with Crippen molar-refractivity contribution in [1.29, 1.82) is 0 Å². The van der Waals surface area contributed by atoms with Crippen LogP contribution in [-0.4, -0.2) is 181 Å². The van der Waals surface area contributed by atoms with Gasteiger partial charge in [0.15, 0.2) is 25.2 Å². The molecule has 494 valence electrons. The Bertz CT molecular complexity index is 2930. The van der Waals surface area contributed by atoms with Crippen LogP contribution in [0.4, 0.5) is 0 Å². The molecule has 1 amide bonds. The molecule has 0 bridgehead atoms. The molecular weight excluding hydrogens is 1240 g/mol. The van der Waals surface area contributed by atoms with Gasteiger partial charge in [0, 0.05) is 7.11 Å². The molecule has 0 spiro atoms. The third-order valence-electron chi connectivity index (χ3n) is 15.9. The summed E-state index contributed by atoms with van der Waals surface area (Å²) in [5.41, 5.74) is 4.42. The van der Waals surface area contributed by atoms with Crippen LogP contribution in [0.5, 0.6) is 0 Å². The van der Waals surface area contributed by atoms with Crippen molar-refractivity contribution < 1.29 is 91.2 Å². The van der Waals surface area contributed by atoms with Crippen LogP contribution < -0.4 is 5.32 Å². The fraction of sp³-hybridized carbons (Fsp3) is 0.485. The zero-order valence-corrected chi connectivity index (χ0v) is 53.2. The second-order valence-electron chi connectivity index (χ2n) is 22.4. The fourth-order valence-electron chi connectivity index (χ4n) is 11.4. The van der Waals surface area contributed by atoms with Crippen molar-refractivity contribution >= 4 is 40.7 Å². The molecule has 20 nitrogen and oxygen atoms in total. The molecule has 5 aromatic rings. The van der Waals surface area contributed by atoms with Crippen LogP contribution in [0.25, 0.3) is 0 Å². The topological polar surface area (TPSA) is 228 Å². The van der Waals surface area contributed by atoms with E-state index >= 15 is 0 Å². The van der Waals surface area contributed by atoms with E-state index in [1.807, 2.05) is 159 Å². The molecular formula is C68H82Cl3NO19. The van der Waals surface area contributed by atoms with Gasteiger partial charge in [-0.1, -0.05) is 199 Å². The first-order chi connectivity index (χ1) is 44.2. The molecule has 4 aliphatic rings. The van der Waals surface area contributed by atoms with E-state index in [2.05, 4.69) is 18.5 Å². The number of halogens is 3. The van der Waals surface area contributed by atoms with Gasteiger partial charge < -0.3 is 91.7 Å². The number of hydrogen-bond acceptors (Lipinski definition) is 19. The molecule has 20 atom stereocenters. The third kappa shape index (κ3) is 19.2. The molecule has 0 radical (unpaired) electrons. The van der Waals surface area contributed by atoms with Crippen molar-refractivity contribution in [2.75, 3.05) is 33.5 Å². The maximum absolute atomic E-state index is 13.4. The maximum Gasteiger partial charge on any atom is 0.272 e. The van der Waals surface area contributed by atoms with Gasteiger partial charge in [-0.15, -0.1) is 13.2 Å². The molecule has 4 N–H and O–H groups in total. The van der Waals surface area contributed by atoms with Gasteiger partial charge in [-0.3, -0.25) is 4.79 Å². The number of ether oxygens (including phenoxy) is 15. The monoisotopic (exact) mass is 1320 g/mol. The van der Waals surface area contributed by atoms with Gasteiger partial charge in [-0.05, 0) is 41.7 Å². The lowest BCUT2D eigenvalue weighted by atomic mass is 9.95. The van der Waals surface area contributed by atoms with Crippen molar-refractivity contribution in [3.8, 4) is 0 Å². The Labute approximate surface area is 546 Å². The Morgan fingerprint density at radius 2 is 0.868 bits per heavy atom. The second kappa shape index (κ2) is 35.1. The molecule has 5 aromatic carbocycles. The predicted molar refractivity (Wildman–Crippen MR) is 335 cm³/mol. The summed E-state index contributed by atoms with van der Waals surface area (Å²) in [6, 6.07) is 46.9. The number of aliphatic hydroxyl groups excluding tert-OH is 3. The van der Waals surface area contributed by atoms with Gasteiger partial charge in [0.25, 0.3) is 9.70 Å². The van der Waals surface area contributed by atoms with Gasteiger partial charge >= 0.3 is 0 Å². The Morgan fingerprint density at radius 3 is 1.35 bits per heavy atom. The highest BCUT2D eigenvalue weighted by atomic mass is 35.6. The lowest BCUT2D eigenvalue weighted by Gasteiger charge is -2.52. The van der Waals surface area contributed by atoms with Crippen LogP contribution in [0.3, 0.4) is 0 Å². The highest BCUT2D eigenvalue weighted by Crippen LogP contribution is 2.40. The normalized spacial score (nSPS) is 32.0. The fourth-order valence-corrected chi connectivity index (χ4v) is 11.5. The molecule has 23 heteroatoms. The Hall–Kier alpha value is -4.80. The van der Waals surface area contributed by atoms with Crippen LogP contribution in [0.15, 0.2) is 177 Å². The molecule has 0 saturated carbocycles. The number of rotatable bonds is 31. The van der Waals surface area contributed by atoms with E-state index in [-0.39, 0.29) is 52.9 Å². The molecule has 4 fully saturated rings. The Kier molecular flexibility index (Phi) is 27.2. The first-order valence-corrected chi connectivity index (χ1v) is 31.5. The first-order valence-electron chi connectivity index (χ1n) is 30.3. The number of alkyl halides is 3. The average Bonchev–Trinajstić information content (AvgIpc) is 0.850. The maximum atomic E-state index is 13.4. The van der Waals surface area contributed by atoms with E-state index in [0.717, 1.165) is 27.8 Å². The SMILES string of the molecule is C=CCO[C@@H]1[C@@H](OCC=C)[C@H](C)O[C@@H](O[C@H]2[C@H](OC)O[C@@H](C)[C@H](OCc3ccccc3)[C@H]2O[C@H]2O[C@H](COCc3ccccc3)[C@@H](OCc3ccccc3)[C@H](OCc3ccccc3)[C@H]2OCc2ccccc2)[C@@H]1O[C@@H]1O[C@H](CO)[C@@H](O)[C@H](O)[C@H]1NC(=O)C(Cl)(Cl)Cl.